The zero-order valence-electron chi connectivity index (χ0n) is 8.27. The molecule has 1 aromatic carbocycles. The van der Waals surface area contributed by atoms with Gasteiger partial charge in [0.15, 0.2) is 0 Å². The smallest absolute Gasteiger partial charge is 0.335 e. The third-order valence-electron chi connectivity index (χ3n) is 2.26. The Labute approximate surface area is 90.9 Å². The summed E-state index contributed by atoms with van der Waals surface area (Å²) in [5.41, 5.74) is 0.115. The number of carboxylic acids is 1. The lowest BCUT2D eigenvalue weighted by Crippen LogP contribution is -2.02. The molecule has 0 saturated carbocycles. The molecule has 2 rings (SSSR count). The van der Waals surface area contributed by atoms with E-state index in [0.29, 0.717) is 10.9 Å². The van der Waals surface area contributed by atoms with Crippen molar-refractivity contribution >= 4 is 22.4 Å². The molecule has 0 aliphatic rings. The first kappa shape index (κ1) is 10.3. The van der Waals surface area contributed by atoms with Crippen molar-refractivity contribution in [2.75, 3.05) is 0 Å². The monoisotopic (exact) mass is 217 g/mol. The molecular weight excluding hydrogens is 209 g/mol. The first-order chi connectivity index (χ1) is 7.59. The molecule has 0 radical (unpaired) electrons. The lowest BCUT2D eigenvalue weighted by molar-refractivity contribution is -0.130. The fraction of sp³-hybridized carbons (Fsp3) is 0. The summed E-state index contributed by atoms with van der Waals surface area (Å²) < 4.78 is 13.5. The van der Waals surface area contributed by atoms with Gasteiger partial charge in [0.05, 0.1) is 11.1 Å². The number of carbonyl (C=O) groups is 1. The number of benzene rings is 1. The molecule has 0 atom stereocenters. The predicted octanol–water partition coefficient (Wildman–Crippen LogP) is 2.47. The van der Waals surface area contributed by atoms with Crippen molar-refractivity contribution in [1.29, 1.82) is 0 Å². The summed E-state index contributed by atoms with van der Waals surface area (Å²) >= 11 is 0. The van der Waals surface area contributed by atoms with Crippen molar-refractivity contribution in [3.63, 3.8) is 0 Å². The summed E-state index contributed by atoms with van der Waals surface area (Å²) in [6.45, 7) is 3.31. The molecule has 1 N–H and O–H groups in total. The molecule has 16 heavy (non-hydrogen) atoms. The molecule has 0 fully saturated rings. The van der Waals surface area contributed by atoms with E-state index in [1.807, 2.05) is 0 Å². The van der Waals surface area contributed by atoms with E-state index in [9.17, 15) is 9.18 Å². The average Bonchev–Trinajstić information content (AvgIpc) is 2.27. The first-order valence-corrected chi connectivity index (χ1v) is 4.57. The van der Waals surface area contributed by atoms with Crippen LogP contribution in [0, 0.1) is 5.95 Å². The Bertz CT molecular complexity index is 593. The van der Waals surface area contributed by atoms with E-state index >= 15 is 0 Å². The van der Waals surface area contributed by atoms with Gasteiger partial charge in [-0.15, -0.1) is 0 Å². The van der Waals surface area contributed by atoms with Crippen LogP contribution in [0.1, 0.15) is 5.56 Å². The average molecular weight is 217 g/mol. The largest absolute Gasteiger partial charge is 0.478 e. The molecule has 0 unspecified atom stereocenters. The van der Waals surface area contributed by atoms with Crippen LogP contribution in [0.4, 0.5) is 4.39 Å². The first-order valence-electron chi connectivity index (χ1n) is 4.57. The summed E-state index contributed by atoms with van der Waals surface area (Å²) in [5.74, 6) is -2.07. The standard InChI is InChI=1S/C12H8FNO2/c1-7(12(15)16)9-6-8-4-2-3-5-10(8)14-11(9)13/h2-6H,1H2,(H,15,16). The van der Waals surface area contributed by atoms with Gasteiger partial charge >= 0.3 is 5.97 Å². The Morgan fingerprint density at radius 3 is 2.75 bits per heavy atom. The van der Waals surface area contributed by atoms with E-state index < -0.39 is 11.9 Å². The van der Waals surface area contributed by atoms with Crippen molar-refractivity contribution in [2.45, 2.75) is 0 Å². The number of hydrogen-bond acceptors (Lipinski definition) is 2. The van der Waals surface area contributed by atoms with Crippen LogP contribution in [0.5, 0.6) is 0 Å². The van der Waals surface area contributed by atoms with Gasteiger partial charge in [-0.1, -0.05) is 24.8 Å². The van der Waals surface area contributed by atoms with Gasteiger partial charge < -0.3 is 5.11 Å². The van der Waals surface area contributed by atoms with Crippen LogP contribution in [-0.4, -0.2) is 16.1 Å². The number of fused-ring (bicyclic) bond motifs is 1. The molecular formula is C12H8FNO2. The maximum absolute atomic E-state index is 13.5. The van der Waals surface area contributed by atoms with Crippen LogP contribution >= 0.6 is 0 Å². The third kappa shape index (κ3) is 1.65. The lowest BCUT2D eigenvalue weighted by atomic mass is 10.1. The second kappa shape index (κ2) is 3.73. The zero-order chi connectivity index (χ0) is 11.7. The third-order valence-corrected chi connectivity index (χ3v) is 2.26. The number of halogens is 1. The highest BCUT2D eigenvalue weighted by Crippen LogP contribution is 2.21. The Balaban J connectivity index is 2.67. The van der Waals surface area contributed by atoms with E-state index in [-0.39, 0.29) is 11.1 Å². The minimum Gasteiger partial charge on any atom is -0.478 e. The maximum atomic E-state index is 13.5. The Morgan fingerprint density at radius 2 is 2.06 bits per heavy atom. The highest BCUT2D eigenvalue weighted by Gasteiger charge is 2.14. The summed E-state index contributed by atoms with van der Waals surface area (Å²) in [5, 5.41) is 9.42. The topological polar surface area (TPSA) is 50.2 Å². The number of hydrogen-bond donors (Lipinski definition) is 1. The van der Waals surface area contributed by atoms with Crippen LogP contribution in [0.2, 0.25) is 0 Å². The SMILES string of the molecule is C=C(C(=O)O)c1cc2ccccc2nc1F. The van der Waals surface area contributed by atoms with Crippen LogP contribution in [0.3, 0.4) is 0 Å². The van der Waals surface area contributed by atoms with E-state index in [1.54, 1.807) is 24.3 Å². The van der Waals surface area contributed by atoms with Gasteiger partial charge in [-0.2, -0.15) is 4.39 Å². The Morgan fingerprint density at radius 1 is 1.38 bits per heavy atom. The number of rotatable bonds is 2. The Hall–Kier alpha value is -2.23. The number of aromatic nitrogens is 1. The van der Waals surface area contributed by atoms with E-state index in [1.165, 1.54) is 6.07 Å². The molecule has 1 aromatic heterocycles. The van der Waals surface area contributed by atoms with Gasteiger partial charge in [-0.25, -0.2) is 9.78 Å². The number of pyridine rings is 1. The van der Waals surface area contributed by atoms with Crippen LogP contribution in [0.25, 0.3) is 16.5 Å². The zero-order valence-corrected chi connectivity index (χ0v) is 8.27. The van der Waals surface area contributed by atoms with E-state index in [2.05, 4.69) is 11.6 Å². The number of nitrogens with zero attached hydrogens (tertiary/aromatic N) is 1. The minimum absolute atomic E-state index is 0.0776. The predicted molar refractivity (Wildman–Crippen MR) is 58.4 cm³/mol. The van der Waals surface area contributed by atoms with Crippen LogP contribution < -0.4 is 0 Å². The lowest BCUT2D eigenvalue weighted by Gasteiger charge is -2.04. The molecule has 80 valence electrons. The number of carboxylic acid groups (broad SMARTS) is 1. The quantitative estimate of drug-likeness (QED) is 0.621. The summed E-state index contributed by atoms with van der Waals surface area (Å²) in [6.07, 6.45) is 0. The second-order valence-corrected chi connectivity index (χ2v) is 3.30. The van der Waals surface area contributed by atoms with Gasteiger partial charge in [-0.05, 0) is 12.1 Å². The van der Waals surface area contributed by atoms with Crippen molar-refractivity contribution in [1.82, 2.24) is 4.98 Å². The van der Waals surface area contributed by atoms with Crippen molar-refractivity contribution in [3.8, 4) is 0 Å². The van der Waals surface area contributed by atoms with Gasteiger partial charge in [-0.3, -0.25) is 0 Å². The summed E-state index contributed by atoms with van der Waals surface area (Å²) in [4.78, 5) is 14.4. The van der Waals surface area contributed by atoms with Gasteiger partial charge in [0, 0.05) is 10.9 Å². The number of aliphatic carboxylic acids is 1. The maximum Gasteiger partial charge on any atom is 0.335 e. The van der Waals surface area contributed by atoms with Crippen molar-refractivity contribution in [2.24, 2.45) is 0 Å². The summed E-state index contributed by atoms with van der Waals surface area (Å²) in [7, 11) is 0. The van der Waals surface area contributed by atoms with E-state index in [4.69, 9.17) is 5.11 Å². The highest BCUT2D eigenvalue weighted by molar-refractivity contribution is 6.15. The molecule has 0 bridgehead atoms. The molecule has 0 aliphatic carbocycles. The highest BCUT2D eigenvalue weighted by atomic mass is 19.1. The molecule has 0 spiro atoms. The molecule has 0 amide bonds. The molecule has 4 heteroatoms. The van der Waals surface area contributed by atoms with Crippen LogP contribution in [-0.2, 0) is 4.79 Å². The summed E-state index contributed by atoms with van der Waals surface area (Å²) in [6, 6.07) is 8.34. The molecule has 0 aliphatic heterocycles. The van der Waals surface area contributed by atoms with Crippen LogP contribution in [0.15, 0.2) is 36.9 Å². The molecule has 1 heterocycles. The van der Waals surface area contributed by atoms with Gasteiger partial charge in [0.1, 0.15) is 0 Å². The molecule has 3 nitrogen and oxygen atoms in total. The fourth-order valence-corrected chi connectivity index (χ4v) is 1.42. The molecule has 0 saturated heterocycles. The van der Waals surface area contributed by atoms with Crippen molar-refractivity contribution in [3.05, 3.63) is 48.4 Å². The normalized spacial score (nSPS) is 10.3. The van der Waals surface area contributed by atoms with Crippen molar-refractivity contribution < 1.29 is 14.3 Å². The molecule has 2 aromatic rings. The fourth-order valence-electron chi connectivity index (χ4n) is 1.42. The second-order valence-electron chi connectivity index (χ2n) is 3.30. The van der Waals surface area contributed by atoms with Gasteiger partial charge in [0.25, 0.3) is 0 Å². The number of para-hydroxylation sites is 1. The Kier molecular flexibility index (Phi) is 2.40. The van der Waals surface area contributed by atoms with E-state index in [0.717, 1.165) is 0 Å². The van der Waals surface area contributed by atoms with Gasteiger partial charge in [0.2, 0.25) is 5.95 Å². The minimum atomic E-state index is -1.25.